The Balaban J connectivity index is 0.935. The van der Waals surface area contributed by atoms with Crippen molar-refractivity contribution in [3.63, 3.8) is 0 Å². The zero-order valence-corrected chi connectivity index (χ0v) is 24.0. The van der Waals surface area contributed by atoms with Crippen LogP contribution in [-0.4, -0.2) is 67.7 Å². The zero-order valence-electron chi connectivity index (χ0n) is 24.0. The number of carbonyl (C=O) groups is 6. The van der Waals surface area contributed by atoms with E-state index in [-0.39, 0.29) is 82.8 Å². The van der Waals surface area contributed by atoms with Gasteiger partial charge in [-0.25, -0.2) is 0 Å². The van der Waals surface area contributed by atoms with Gasteiger partial charge >= 0.3 is 11.9 Å². The lowest BCUT2D eigenvalue weighted by Gasteiger charge is -2.42. The van der Waals surface area contributed by atoms with E-state index in [1.807, 2.05) is 24.3 Å². The van der Waals surface area contributed by atoms with Gasteiger partial charge in [0.25, 0.3) is 0 Å². The average Bonchev–Trinajstić information content (AvgIpc) is 3.82. The first-order valence-electron chi connectivity index (χ1n) is 16.2. The van der Waals surface area contributed by atoms with Crippen LogP contribution in [0.3, 0.4) is 0 Å². The molecule has 14 atom stereocenters. The molecule has 4 saturated carbocycles. The molecule has 4 bridgehead atoms. The first-order valence-corrected chi connectivity index (χ1v) is 16.2. The lowest BCUT2D eigenvalue weighted by atomic mass is 9.69. The fourth-order valence-corrected chi connectivity index (χ4v) is 11.0. The molecule has 2 saturated heterocycles. The van der Waals surface area contributed by atoms with Crippen LogP contribution in [0.5, 0.6) is 0 Å². The smallest absolute Gasteiger partial charge is 0.308 e. The third-order valence-electron chi connectivity index (χ3n) is 12.8. The Bertz CT molecular complexity index is 1220. The summed E-state index contributed by atoms with van der Waals surface area (Å²) in [5, 5.41) is 20.4. The second kappa shape index (κ2) is 9.60. The van der Waals surface area contributed by atoms with Crippen LogP contribution in [0, 0.1) is 71.0 Å². The number of amides is 4. The van der Waals surface area contributed by atoms with Crippen molar-refractivity contribution in [3.05, 3.63) is 24.3 Å². The van der Waals surface area contributed by atoms with E-state index in [0.29, 0.717) is 44.9 Å². The van der Waals surface area contributed by atoms with Crippen LogP contribution in [0.1, 0.15) is 57.8 Å². The standard InChI is InChI=1S/C33H38N2O8/c36-28-24-16-3-4-17(12-16)25(24)29(37)34(28)22-7-1-14(10-20(22)32(40)41)9-15-2-8-23(21(11-15)33(42)43)35-30(38)26-18-5-6-19(13-18)27(26)31(35)39/h3-6,14-27H,1-2,7-13H2,(H,40,41)(H,42,43). The van der Waals surface area contributed by atoms with E-state index in [1.165, 1.54) is 9.80 Å². The molecule has 2 aliphatic heterocycles. The second-order valence-electron chi connectivity index (χ2n) is 14.7. The molecule has 10 heteroatoms. The molecule has 0 aromatic carbocycles. The van der Waals surface area contributed by atoms with Crippen LogP contribution < -0.4 is 0 Å². The quantitative estimate of drug-likeness (QED) is 0.354. The maximum Gasteiger partial charge on any atom is 0.308 e. The zero-order chi connectivity index (χ0) is 29.9. The van der Waals surface area contributed by atoms with Crippen molar-refractivity contribution in [1.29, 1.82) is 0 Å². The molecule has 2 heterocycles. The average molecular weight is 591 g/mol. The van der Waals surface area contributed by atoms with Crippen LogP contribution in [0.15, 0.2) is 24.3 Å². The van der Waals surface area contributed by atoms with Crippen LogP contribution in [0.4, 0.5) is 0 Å². The van der Waals surface area contributed by atoms with Gasteiger partial charge in [-0.05, 0) is 93.3 Å². The highest BCUT2D eigenvalue weighted by Crippen LogP contribution is 2.55. The summed E-state index contributed by atoms with van der Waals surface area (Å²) >= 11 is 0. The van der Waals surface area contributed by atoms with Crippen molar-refractivity contribution in [2.24, 2.45) is 71.0 Å². The number of carbonyl (C=O) groups excluding carboxylic acids is 4. The maximum absolute atomic E-state index is 13.4. The molecule has 14 unspecified atom stereocenters. The summed E-state index contributed by atoms with van der Waals surface area (Å²) < 4.78 is 0. The van der Waals surface area contributed by atoms with Crippen molar-refractivity contribution in [3.8, 4) is 0 Å². The summed E-state index contributed by atoms with van der Waals surface area (Å²) in [5.74, 6) is -5.53. The Morgan fingerprint density at radius 1 is 0.558 bits per heavy atom. The van der Waals surface area contributed by atoms with Crippen LogP contribution >= 0.6 is 0 Å². The van der Waals surface area contributed by atoms with Gasteiger partial charge in [0.15, 0.2) is 0 Å². The summed E-state index contributed by atoms with van der Waals surface area (Å²) in [6.07, 6.45) is 13.4. The molecule has 0 aromatic rings. The molecular weight excluding hydrogens is 552 g/mol. The van der Waals surface area contributed by atoms with Gasteiger partial charge in [0.1, 0.15) is 0 Å². The molecule has 6 aliphatic carbocycles. The molecule has 2 N–H and O–H groups in total. The lowest BCUT2D eigenvalue weighted by Crippen LogP contribution is -2.51. The van der Waals surface area contributed by atoms with Gasteiger partial charge in [-0.1, -0.05) is 24.3 Å². The topological polar surface area (TPSA) is 149 Å². The van der Waals surface area contributed by atoms with Gasteiger partial charge < -0.3 is 10.2 Å². The number of aliphatic carboxylic acids is 2. The number of likely N-dealkylation sites (tertiary alicyclic amines) is 2. The molecule has 6 fully saturated rings. The van der Waals surface area contributed by atoms with Crippen LogP contribution in [0.25, 0.3) is 0 Å². The van der Waals surface area contributed by atoms with E-state index in [4.69, 9.17) is 0 Å². The Morgan fingerprint density at radius 3 is 1.19 bits per heavy atom. The van der Waals surface area contributed by atoms with Crippen LogP contribution in [-0.2, 0) is 28.8 Å². The van der Waals surface area contributed by atoms with Crippen molar-refractivity contribution in [1.82, 2.24) is 9.80 Å². The first kappa shape index (κ1) is 27.3. The number of hydrogen-bond acceptors (Lipinski definition) is 6. The number of hydrogen-bond donors (Lipinski definition) is 2. The normalized spacial score (nSPS) is 47.6. The predicted molar refractivity (Wildman–Crippen MR) is 148 cm³/mol. The number of fused-ring (bicyclic) bond motifs is 10. The monoisotopic (exact) mass is 590 g/mol. The maximum atomic E-state index is 13.4. The molecular formula is C33H38N2O8. The minimum atomic E-state index is -0.999. The molecule has 8 aliphatic rings. The van der Waals surface area contributed by atoms with Gasteiger partial charge in [-0.3, -0.25) is 38.6 Å². The molecule has 10 nitrogen and oxygen atoms in total. The summed E-state index contributed by atoms with van der Waals surface area (Å²) in [5.41, 5.74) is 0. The number of carboxylic acids is 2. The summed E-state index contributed by atoms with van der Waals surface area (Å²) in [6, 6.07) is -1.28. The van der Waals surface area contributed by atoms with E-state index in [0.717, 1.165) is 12.8 Å². The fourth-order valence-electron chi connectivity index (χ4n) is 11.0. The van der Waals surface area contributed by atoms with E-state index in [9.17, 15) is 39.0 Å². The third-order valence-corrected chi connectivity index (χ3v) is 12.8. The highest BCUT2D eigenvalue weighted by Gasteiger charge is 2.63. The van der Waals surface area contributed by atoms with Gasteiger partial charge in [-0.15, -0.1) is 0 Å². The van der Waals surface area contributed by atoms with Gasteiger partial charge in [0, 0.05) is 0 Å². The second-order valence-corrected chi connectivity index (χ2v) is 14.7. The molecule has 43 heavy (non-hydrogen) atoms. The largest absolute Gasteiger partial charge is 0.481 e. The van der Waals surface area contributed by atoms with Crippen LogP contribution in [0.2, 0.25) is 0 Å². The van der Waals surface area contributed by atoms with Crippen molar-refractivity contribution < 1.29 is 39.0 Å². The highest BCUT2D eigenvalue weighted by atomic mass is 16.4. The Hall–Kier alpha value is -3.30. The van der Waals surface area contributed by atoms with Gasteiger partial charge in [0.05, 0.1) is 47.6 Å². The van der Waals surface area contributed by atoms with E-state index >= 15 is 0 Å². The predicted octanol–water partition coefficient (Wildman–Crippen LogP) is 2.73. The third kappa shape index (κ3) is 3.83. The van der Waals surface area contributed by atoms with Crippen molar-refractivity contribution >= 4 is 35.6 Å². The summed E-state index contributed by atoms with van der Waals surface area (Å²) in [4.78, 5) is 81.2. The molecule has 0 aromatic heterocycles. The molecule has 4 amide bonds. The lowest BCUT2D eigenvalue weighted by molar-refractivity contribution is -0.155. The SMILES string of the molecule is O=C(O)C1CC(CC2CCC(N3C(=O)C4C5C=CC(C5)C4C3=O)C(C(=O)O)C2)CCC1N1C(=O)C2C3C=CC(C3)C2C1=O. The van der Waals surface area contributed by atoms with E-state index < -0.39 is 35.9 Å². The van der Waals surface area contributed by atoms with Crippen molar-refractivity contribution in [2.75, 3.05) is 0 Å². The first-order chi connectivity index (χ1) is 20.6. The summed E-state index contributed by atoms with van der Waals surface area (Å²) in [6.45, 7) is 0. The van der Waals surface area contributed by atoms with E-state index in [2.05, 4.69) is 0 Å². The number of rotatable bonds is 6. The summed E-state index contributed by atoms with van der Waals surface area (Å²) in [7, 11) is 0. The van der Waals surface area contributed by atoms with E-state index in [1.54, 1.807) is 0 Å². The molecule has 8 rings (SSSR count). The fraction of sp³-hybridized carbons (Fsp3) is 0.697. The number of carboxylic acid groups (broad SMARTS) is 2. The highest BCUT2D eigenvalue weighted by molar-refractivity contribution is 6.08. The number of nitrogens with zero attached hydrogens (tertiary/aromatic N) is 2. The molecule has 228 valence electrons. The van der Waals surface area contributed by atoms with Crippen molar-refractivity contribution in [2.45, 2.75) is 69.9 Å². The number of imide groups is 2. The Kier molecular flexibility index (Phi) is 6.09. The minimum Gasteiger partial charge on any atom is -0.481 e. The Morgan fingerprint density at radius 2 is 0.884 bits per heavy atom. The van der Waals surface area contributed by atoms with Gasteiger partial charge in [-0.2, -0.15) is 0 Å². The minimum absolute atomic E-state index is 0.0367. The van der Waals surface area contributed by atoms with Gasteiger partial charge in [0.2, 0.25) is 23.6 Å². The Labute approximate surface area is 249 Å². The number of allylic oxidation sites excluding steroid dienone is 4. The molecule has 0 radical (unpaired) electrons. The molecule has 0 spiro atoms.